The van der Waals surface area contributed by atoms with Gasteiger partial charge in [-0.3, -0.25) is 15.1 Å². The van der Waals surface area contributed by atoms with E-state index in [2.05, 4.69) is 32.8 Å². The van der Waals surface area contributed by atoms with Gasteiger partial charge in [-0.25, -0.2) is 0 Å². The maximum absolute atomic E-state index is 10.6. The third-order valence-electron chi connectivity index (χ3n) is 4.52. The van der Waals surface area contributed by atoms with E-state index in [4.69, 9.17) is 0 Å². The van der Waals surface area contributed by atoms with Gasteiger partial charge in [-0.1, -0.05) is 6.92 Å². The quantitative estimate of drug-likeness (QED) is 0.130. The first-order valence-corrected chi connectivity index (χ1v) is 9.30. The molecular formula is C18H31IN6O2. The molecule has 152 valence electrons. The lowest BCUT2D eigenvalue weighted by atomic mass is 10.1. The van der Waals surface area contributed by atoms with Crippen LogP contribution in [0.3, 0.4) is 0 Å². The van der Waals surface area contributed by atoms with Gasteiger partial charge in [-0.15, -0.1) is 24.0 Å². The Bertz CT molecular complexity index is 588. The van der Waals surface area contributed by atoms with Crippen LogP contribution in [0.2, 0.25) is 0 Å². The van der Waals surface area contributed by atoms with Gasteiger partial charge in [0, 0.05) is 57.1 Å². The van der Waals surface area contributed by atoms with Crippen LogP contribution < -0.4 is 16.0 Å². The fourth-order valence-electron chi connectivity index (χ4n) is 3.09. The molecule has 2 rings (SSSR count). The van der Waals surface area contributed by atoms with Crippen LogP contribution >= 0.6 is 24.0 Å². The molecule has 1 fully saturated rings. The molecule has 0 aromatic heterocycles. The lowest BCUT2D eigenvalue weighted by Crippen LogP contribution is -2.49. The average molecular weight is 490 g/mol. The van der Waals surface area contributed by atoms with Gasteiger partial charge in [0.05, 0.1) is 4.92 Å². The number of nitrogens with one attached hydrogen (secondary N) is 3. The van der Waals surface area contributed by atoms with E-state index in [1.807, 2.05) is 0 Å². The number of benzene rings is 1. The van der Waals surface area contributed by atoms with E-state index in [9.17, 15) is 10.1 Å². The second kappa shape index (κ2) is 12.7. The second-order valence-corrected chi connectivity index (χ2v) is 6.49. The van der Waals surface area contributed by atoms with Crippen LogP contribution in [-0.4, -0.2) is 61.6 Å². The average Bonchev–Trinajstić information content (AvgIpc) is 2.66. The first-order valence-electron chi connectivity index (χ1n) is 9.30. The first kappa shape index (κ1) is 23.4. The SMILES string of the molecule is CCCN1CCC(NC(=NC)NCCNc2ccc([N+](=O)[O-])cc2)CC1.I. The number of nitro groups is 1. The van der Waals surface area contributed by atoms with Crippen LogP contribution in [0.25, 0.3) is 0 Å². The highest BCUT2D eigenvalue weighted by Crippen LogP contribution is 2.15. The molecule has 27 heavy (non-hydrogen) atoms. The van der Waals surface area contributed by atoms with E-state index in [-0.39, 0.29) is 29.7 Å². The maximum atomic E-state index is 10.6. The largest absolute Gasteiger partial charge is 0.383 e. The lowest BCUT2D eigenvalue weighted by molar-refractivity contribution is -0.384. The Balaban J connectivity index is 0.00000364. The summed E-state index contributed by atoms with van der Waals surface area (Å²) in [4.78, 5) is 17.1. The van der Waals surface area contributed by atoms with Gasteiger partial charge in [-0.05, 0) is 37.9 Å². The fourth-order valence-corrected chi connectivity index (χ4v) is 3.09. The summed E-state index contributed by atoms with van der Waals surface area (Å²) in [6, 6.07) is 6.91. The number of halogens is 1. The zero-order chi connectivity index (χ0) is 18.8. The van der Waals surface area contributed by atoms with E-state index in [1.165, 1.54) is 25.1 Å². The molecule has 1 aliphatic heterocycles. The Morgan fingerprint density at radius 1 is 1.26 bits per heavy atom. The number of hydrogen-bond donors (Lipinski definition) is 3. The number of aliphatic imine (C=N–C) groups is 1. The number of non-ortho nitro benzene ring substituents is 1. The highest BCUT2D eigenvalue weighted by Gasteiger charge is 2.19. The molecular weight excluding hydrogens is 459 g/mol. The minimum absolute atomic E-state index is 0. The van der Waals surface area contributed by atoms with Crippen LogP contribution in [0.5, 0.6) is 0 Å². The molecule has 9 heteroatoms. The summed E-state index contributed by atoms with van der Waals surface area (Å²) in [5.41, 5.74) is 0.965. The van der Waals surface area contributed by atoms with Crippen molar-refractivity contribution in [3.8, 4) is 0 Å². The minimum Gasteiger partial charge on any atom is -0.383 e. The maximum Gasteiger partial charge on any atom is 0.269 e. The number of nitro benzene ring substituents is 1. The van der Waals surface area contributed by atoms with Gasteiger partial charge in [-0.2, -0.15) is 0 Å². The summed E-state index contributed by atoms with van der Waals surface area (Å²) in [6.45, 7) is 7.11. The van der Waals surface area contributed by atoms with Crippen molar-refractivity contribution in [3.05, 3.63) is 34.4 Å². The zero-order valence-electron chi connectivity index (χ0n) is 16.1. The van der Waals surface area contributed by atoms with Crippen LogP contribution in [0, 0.1) is 10.1 Å². The number of nitrogens with zero attached hydrogens (tertiary/aromatic N) is 3. The molecule has 1 aromatic rings. The number of piperidine rings is 1. The van der Waals surface area contributed by atoms with Crippen LogP contribution in [0.4, 0.5) is 11.4 Å². The molecule has 0 spiro atoms. The van der Waals surface area contributed by atoms with Crippen molar-refractivity contribution >= 4 is 41.3 Å². The van der Waals surface area contributed by atoms with Gasteiger partial charge in [0.2, 0.25) is 0 Å². The molecule has 0 atom stereocenters. The fraction of sp³-hybridized carbons (Fsp3) is 0.611. The number of hydrogen-bond acceptors (Lipinski definition) is 5. The van der Waals surface area contributed by atoms with Crippen LogP contribution in [-0.2, 0) is 0 Å². The summed E-state index contributed by atoms with van der Waals surface area (Å²) < 4.78 is 0. The third kappa shape index (κ3) is 8.29. The molecule has 1 heterocycles. The molecule has 3 N–H and O–H groups in total. The van der Waals surface area contributed by atoms with Gasteiger partial charge >= 0.3 is 0 Å². The Kier molecular flexibility index (Phi) is 11.0. The molecule has 0 unspecified atom stereocenters. The zero-order valence-corrected chi connectivity index (χ0v) is 18.4. The van der Waals surface area contributed by atoms with E-state index in [0.717, 1.165) is 37.6 Å². The van der Waals surface area contributed by atoms with Crippen molar-refractivity contribution in [2.24, 2.45) is 4.99 Å². The monoisotopic (exact) mass is 490 g/mol. The highest BCUT2D eigenvalue weighted by atomic mass is 127. The summed E-state index contributed by atoms with van der Waals surface area (Å²) in [5, 5.41) is 20.7. The molecule has 8 nitrogen and oxygen atoms in total. The third-order valence-corrected chi connectivity index (χ3v) is 4.52. The molecule has 0 aliphatic carbocycles. The van der Waals surface area contributed by atoms with E-state index >= 15 is 0 Å². The normalized spacial score (nSPS) is 15.7. The van der Waals surface area contributed by atoms with Crippen LogP contribution in [0.15, 0.2) is 29.3 Å². The first-order chi connectivity index (χ1) is 12.6. The van der Waals surface area contributed by atoms with E-state index in [0.29, 0.717) is 19.1 Å². The van der Waals surface area contributed by atoms with Gasteiger partial charge < -0.3 is 20.9 Å². The van der Waals surface area contributed by atoms with Gasteiger partial charge in [0.15, 0.2) is 5.96 Å². The summed E-state index contributed by atoms with van der Waals surface area (Å²) >= 11 is 0. The predicted molar refractivity (Wildman–Crippen MR) is 121 cm³/mol. The van der Waals surface area contributed by atoms with Crippen molar-refractivity contribution in [3.63, 3.8) is 0 Å². The van der Waals surface area contributed by atoms with Crippen LogP contribution in [0.1, 0.15) is 26.2 Å². The Labute approximate surface area is 178 Å². The topological polar surface area (TPSA) is 94.8 Å². The van der Waals surface area contributed by atoms with Crippen molar-refractivity contribution in [2.45, 2.75) is 32.2 Å². The van der Waals surface area contributed by atoms with Crippen molar-refractivity contribution in [2.75, 3.05) is 45.1 Å². The molecule has 0 amide bonds. The van der Waals surface area contributed by atoms with Crippen molar-refractivity contribution in [1.29, 1.82) is 0 Å². The minimum atomic E-state index is -0.395. The number of anilines is 1. The van der Waals surface area contributed by atoms with Gasteiger partial charge in [0.1, 0.15) is 0 Å². The molecule has 0 bridgehead atoms. The van der Waals surface area contributed by atoms with Crippen molar-refractivity contribution in [1.82, 2.24) is 15.5 Å². The number of likely N-dealkylation sites (tertiary alicyclic amines) is 1. The summed E-state index contributed by atoms with van der Waals surface area (Å²) in [7, 11) is 1.78. The van der Waals surface area contributed by atoms with E-state index < -0.39 is 4.92 Å². The molecule has 0 saturated carbocycles. The van der Waals surface area contributed by atoms with Crippen molar-refractivity contribution < 1.29 is 4.92 Å². The predicted octanol–water partition coefficient (Wildman–Crippen LogP) is 2.66. The number of rotatable bonds is 8. The second-order valence-electron chi connectivity index (χ2n) is 6.49. The molecule has 1 aromatic carbocycles. The van der Waals surface area contributed by atoms with Gasteiger partial charge in [0.25, 0.3) is 5.69 Å². The summed E-state index contributed by atoms with van der Waals surface area (Å²) in [6.07, 6.45) is 3.49. The number of guanidine groups is 1. The molecule has 0 radical (unpaired) electrons. The highest BCUT2D eigenvalue weighted by molar-refractivity contribution is 14.0. The standard InChI is InChI=1S/C18H30N6O2.HI/c1-3-12-23-13-8-16(9-14-23)22-18(19-2)21-11-10-20-15-4-6-17(7-5-15)24(25)26;/h4-7,16,20H,3,8-14H2,1-2H3,(H2,19,21,22);1H. The molecule has 1 aliphatic rings. The Hall–Kier alpha value is -1.62. The smallest absolute Gasteiger partial charge is 0.269 e. The van der Waals surface area contributed by atoms with E-state index in [1.54, 1.807) is 19.2 Å². The summed E-state index contributed by atoms with van der Waals surface area (Å²) in [5.74, 6) is 0.824. The molecule has 1 saturated heterocycles. The Morgan fingerprint density at radius 2 is 1.93 bits per heavy atom. The lowest BCUT2D eigenvalue weighted by Gasteiger charge is -2.32. The Morgan fingerprint density at radius 3 is 2.48 bits per heavy atom.